The molecular weight excluding hydrogens is 566 g/mol. The van der Waals surface area contributed by atoms with Gasteiger partial charge in [-0.2, -0.15) is 4.31 Å². The van der Waals surface area contributed by atoms with Crippen molar-refractivity contribution in [3.63, 3.8) is 0 Å². The molecule has 1 aliphatic rings. The van der Waals surface area contributed by atoms with Gasteiger partial charge in [0.25, 0.3) is 0 Å². The summed E-state index contributed by atoms with van der Waals surface area (Å²) in [5, 5.41) is 5.19. The highest BCUT2D eigenvalue weighted by Crippen LogP contribution is 2.19. The number of carbonyl (C=O) groups is 2. The van der Waals surface area contributed by atoms with Gasteiger partial charge in [-0.1, -0.05) is 54.1 Å². The Morgan fingerprint density at radius 2 is 1.76 bits per heavy atom. The summed E-state index contributed by atoms with van der Waals surface area (Å²) in [5.74, 6) is 0.287. The van der Waals surface area contributed by atoms with Gasteiger partial charge in [-0.15, -0.1) is 0 Å². The molecule has 1 aliphatic heterocycles. The van der Waals surface area contributed by atoms with Gasteiger partial charge in [-0.3, -0.25) is 10.1 Å². The highest BCUT2D eigenvalue weighted by molar-refractivity contribution is 7.88. The van der Waals surface area contributed by atoms with Gasteiger partial charge in [0.15, 0.2) is 0 Å². The number of halogens is 1. The van der Waals surface area contributed by atoms with Crippen LogP contribution in [0.5, 0.6) is 0 Å². The maximum Gasteiger partial charge on any atom is 0.412 e. The quantitative estimate of drug-likeness (QED) is 0.355. The number of likely N-dealkylation sites (N-methyl/N-ethyl adjacent to an activating group) is 1. The van der Waals surface area contributed by atoms with Crippen LogP contribution in [0, 0.1) is 0 Å². The molecule has 2 amide bonds. The van der Waals surface area contributed by atoms with Crippen molar-refractivity contribution in [3.8, 4) is 0 Å². The number of nitrogens with one attached hydrogen (secondary N) is 1. The number of nitrogens with zero attached hydrogens (tertiary/aromatic N) is 4. The lowest BCUT2D eigenvalue weighted by atomic mass is 10.1. The summed E-state index contributed by atoms with van der Waals surface area (Å²) in [6.45, 7) is 2.66. The summed E-state index contributed by atoms with van der Waals surface area (Å²) in [6, 6.07) is 16.5. The molecule has 12 heteroatoms. The van der Waals surface area contributed by atoms with Crippen LogP contribution in [0.15, 0.2) is 60.8 Å². The van der Waals surface area contributed by atoms with E-state index in [1.165, 1.54) is 10.6 Å². The fourth-order valence-corrected chi connectivity index (χ4v) is 5.85. The van der Waals surface area contributed by atoms with Crippen LogP contribution in [-0.4, -0.2) is 98.2 Å². The lowest BCUT2D eigenvalue weighted by molar-refractivity contribution is -0.133. The molecule has 10 nitrogen and oxygen atoms in total. The van der Waals surface area contributed by atoms with Crippen LogP contribution in [-0.2, 0) is 26.0 Å². The zero-order valence-electron chi connectivity index (χ0n) is 23.3. The molecule has 1 saturated heterocycles. The van der Waals surface area contributed by atoms with Crippen LogP contribution >= 0.6 is 11.6 Å². The van der Waals surface area contributed by atoms with Crippen molar-refractivity contribution in [2.75, 3.05) is 58.0 Å². The Hall–Kier alpha value is -3.25. The van der Waals surface area contributed by atoms with Crippen molar-refractivity contribution < 1.29 is 22.7 Å². The second-order valence-corrected chi connectivity index (χ2v) is 12.6. The Kier molecular flexibility index (Phi) is 10.5. The van der Waals surface area contributed by atoms with E-state index in [1.54, 1.807) is 30.3 Å². The molecule has 0 spiro atoms. The van der Waals surface area contributed by atoms with Crippen molar-refractivity contribution in [1.82, 2.24) is 19.1 Å². The summed E-state index contributed by atoms with van der Waals surface area (Å²) in [7, 11) is -1.50. The van der Waals surface area contributed by atoms with Gasteiger partial charge >= 0.3 is 6.09 Å². The zero-order valence-corrected chi connectivity index (χ0v) is 24.9. The first-order valence-corrected chi connectivity index (χ1v) is 15.8. The fraction of sp³-hybridized carbons (Fsp3) is 0.414. The third-order valence-corrected chi connectivity index (χ3v) is 9.03. The van der Waals surface area contributed by atoms with Crippen molar-refractivity contribution in [1.29, 1.82) is 0 Å². The minimum absolute atomic E-state index is 0.00292. The number of piperazine rings is 1. The Morgan fingerprint density at radius 3 is 2.46 bits per heavy atom. The maximum absolute atomic E-state index is 13.2. The second-order valence-electron chi connectivity index (χ2n) is 10.2. The minimum atomic E-state index is -3.22. The van der Waals surface area contributed by atoms with Crippen molar-refractivity contribution in [2.45, 2.75) is 25.3 Å². The smallest absolute Gasteiger partial charge is 0.412 e. The van der Waals surface area contributed by atoms with Gasteiger partial charge in [-0.25, -0.2) is 18.2 Å². The van der Waals surface area contributed by atoms with E-state index >= 15 is 0 Å². The Balaban J connectivity index is 1.36. The molecule has 0 aliphatic carbocycles. The lowest BCUT2D eigenvalue weighted by Gasteiger charge is -2.35. The molecule has 0 saturated carbocycles. The highest BCUT2D eigenvalue weighted by atomic mass is 35.5. The molecule has 4 rings (SSSR count). The number of ether oxygens (including phenoxy) is 1. The third kappa shape index (κ3) is 8.87. The molecule has 2 aromatic carbocycles. The number of hydrogen-bond donors (Lipinski definition) is 1. The van der Waals surface area contributed by atoms with Gasteiger partial charge in [0.05, 0.1) is 12.3 Å². The molecule has 1 N–H and O–H groups in total. The zero-order chi connectivity index (χ0) is 29.4. The first-order chi connectivity index (χ1) is 19.6. The number of amides is 2. The molecule has 1 fully saturated rings. The topological polar surface area (TPSA) is 112 Å². The maximum atomic E-state index is 13.2. The number of benzene rings is 2. The van der Waals surface area contributed by atoms with Gasteiger partial charge in [-0.05, 0) is 35.9 Å². The Morgan fingerprint density at radius 1 is 1.07 bits per heavy atom. The van der Waals surface area contributed by atoms with Gasteiger partial charge in [0, 0.05) is 62.8 Å². The van der Waals surface area contributed by atoms with E-state index in [9.17, 15) is 18.0 Å². The number of aromatic nitrogens is 1. The minimum Gasteiger partial charge on any atom is -0.447 e. The molecule has 0 radical (unpaired) electrons. The summed E-state index contributed by atoms with van der Waals surface area (Å²) < 4.78 is 30.7. The number of aryl methyl sites for hydroxylation is 1. The summed E-state index contributed by atoms with van der Waals surface area (Å²) in [4.78, 5) is 33.9. The summed E-state index contributed by atoms with van der Waals surface area (Å²) >= 11 is 6.27. The SMILES string of the molecule is CN(C(=O)CCc1ccccc1Cl)[C@@H](CCN1CCN(S(C)(=O)=O)CC1)COC(=O)Nc1cc2ccccc2cn1. The molecular formula is C29H36ClN5O5S. The fourth-order valence-electron chi connectivity index (χ4n) is 4.79. The molecule has 220 valence electrons. The number of pyridine rings is 1. The van der Waals surface area contributed by atoms with Crippen LogP contribution in [0.25, 0.3) is 10.8 Å². The number of carbonyl (C=O) groups excluding carboxylic acids is 2. The Labute approximate surface area is 246 Å². The predicted octanol–water partition coefficient (Wildman–Crippen LogP) is 3.86. The van der Waals surface area contributed by atoms with E-state index in [1.807, 2.05) is 42.5 Å². The van der Waals surface area contributed by atoms with Crippen LogP contribution in [0.2, 0.25) is 5.02 Å². The van der Waals surface area contributed by atoms with Crippen LogP contribution < -0.4 is 5.32 Å². The van der Waals surface area contributed by atoms with Crippen molar-refractivity contribution >= 4 is 50.2 Å². The van der Waals surface area contributed by atoms with Crippen molar-refractivity contribution in [2.24, 2.45) is 0 Å². The average Bonchev–Trinajstić information content (AvgIpc) is 2.96. The summed E-state index contributed by atoms with van der Waals surface area (Å²) in [5.41, 5.74) is 0.898. The molecule has 41 heavy (non-hydrogen) atoms. The summed E-state index contributed by atoms with van der Waals surface area (Å²) in [6.07, 6.45) is 3.56. The van der Waals surface area contributed by atoms with E-state index in [4.69, 9.17) is 16.3 Å². The molecule has 1 aromatic heterocycles. The van der Waals surface area contributed by atoms with Crippen LogP contribution in [0.1, 0.15) is 18.4 Å². The van der Waals surface area contributed by atoms with E-state index in [0.717, 1.165) is 16.3 Å². The first-order valence-electron chi connectivity index (χ1n) is 13.6. The van der Waals surface area contributed by atoms with Crippen LogP contribution in [0.4, 0.5) is 10.6 Å². The van der Waals surface area contributed by atoms with Gasteiger partial charge in [0.1, 0.15) is 12.4 Å². The lowest BCUT2D eigenvalue weighted by Crippen LogP contribution is -2.50. The van der Waals surface area contributed by atoms with Gasteiger partial charge < -0.3 is 14.5 Å². The second kappa shape index (κ2) is 14.1. The standard InChI is InChI=1S/C29H36ClN5O5S/c1-33(28(36)12-11-22-7-5-6-10-26(22)30)25(13-14-34-15-17-35(18-16-34)41(2,38)39)21-40-29(37)32-27-19-23-8-3-4-9-24(23)20-31-27/h3-10,19-20,25H,11-18,21H2,1-2H3,(H,31,32,37)/t25-/m0/s1. The molecule has 0 unspecified atom stereocenters. The Bertz CT molecular complexity index is 1460. The van der Waals surface area contributed by atoms with Crippen LogP contribution in [0.3, 0.4) is 0 Å². The number of hydrogen-bond acceptors (Lipinski definition) is 7. The molecule has 2 heterocycles. The van der Waals surface area contributed by atoms with E-state index in [0.29, 0.717) is 56.4 Å². The van der Waals surface area contributed by atoms with E-state index < -0.39 is 16.1 Å². The first kappa shape index (κ1) is 30.7. The number of fused-ring (bicyclic) bond motifs is 1. The highest BCUT2D eigenvalue weighted by Gasteiger charge is 2.26. The van der Waals surface area contributed by atoms with Crippen molar-refractivity contribution in [3.05, 3.63) is 71.4 Å². The normalized spacial score (nSPS) is 15.4. The number of rotatable bonds is 11. The third-order valence-electron chi connectivity index (χ3n) is 7.35. The average molecular weight is 602 g/mol. The molecule has 1 atom stereocenters. The number of anilines is 1. The van der Waals surface area contributed by atoms with E-state index in [-0.39, 0.29) is 25.0 Å². The van der Waals surface area contributed by atoms with E-state index in [2.05, 4.69) is 15.2 Å². The molecule has 0 bridgehead atoms. The predicted molar refractivity (Wildman–Crippen MR) is 161 cm³/mol. The van der Waals surface area contributed by atoms with Gasteiger partial charge in [0.2, 0.25) is 15.9 Å². The molecule has 3 aromatic rings. The monoisotopic (exact) mass is 601 g/mol. The largest absolute Gasteiger partial charge is 0.447 e. The number of sulfonamides is 1.